The van der Waals surface area contributed by atoms with Crippen LogP contribution in [0.15, 0.2) is 176 Å². The molecule has 0 saturated heterocycles. The SMILES string of the molecule is CC1(C)c2ccccc2-c2ccc(N(c3ccc4sc5ccccc5c4c3)c3ccccc3-c3cccc(-c4cccc5ccccc45)c3)cc21. The Bertz CT molecular complexity index is 2800. The summed E-state index contributed by atoms with van der Waals surface area (Å²) in [6.07, 6.45) is 0. The molecule has 1 heterocycles. The van der Waals surface area contributed by atoms with Crippen molar-refractivity contribution in [3.8, 4) is 33.4 Å². The lowest BCUT2D eigenvalue weighted by Gasteiger charge is -2.30. The Morgan fingerprint density at radius 3 is 1.92 bits per heavy atom. The molecule has 0 N–H and O–H groups in total. The van der Waals surface area contributed by atoms with Crippen LogP contribution < -0.4 is 4.90 Å². The van der Waals surface area contributed by atoms with E-state index in [1.165, 1.54) is 75.5 Å². The Morgan fingerprint density at radius 1 is 0.412 bits per heavy atom. The molecule has 0 atom stereocenters. The van der Waals surface area contributed by atoms with Gasteiger partial charge in [-0.2, -0.15) is 0 Å². The molecule has 1 nitrogen and oxygen atoms in total. The third kappa shape index (κ3) is 4.75. The van der Waals surface area contributed by atoms with E-state index in [0.717, 1.165) is 17.1 Å². The number of hydrogen-bond donors (Lipinski definition) is 0. The molecule has 0 spiro atoms. The van der Waals surface area contributed by atoms with Gasteiger partial charge in [0, 0.05) is 42.5 Å². The van der Waals surface area contributed by atoms with Gasteiger partial charge in [0.2, 0.25) is 0 Å². The summed E-state index contributed by atoms with van der Waals surface area (Å²) in [7, 11) is 0. The van der Waals surface area contributed by atoms with E-state index in [1.807, 2.05) is 11.3 Å². The van der Waals surface area contributed by atoms with Crippen molar-refractivity contribution in [2.24, 2.45) is 0 Å². The first-order valence-electron chi connectivity index (χ1n) is 17.7. The van der Waals surface area contributed by atoms with Crippen LogP contribution >= 0.6 is 11.3 Å². The smallest absolute Gasteiger partial charge is 0.0540 e. The predicted molar refractivity (Wildman–Crippen MR) is 220 cm³/mol. The third-order valence-electron chi connectivity index (χ3n) is 10.9. The monoisotopic (exact) mass is 669 g/mol. The van der Waals surface area contributed by atoms with Gasteiger partial charge in [-0.15, -0.1) is 11.3 Å². The number of para-hydroxylation sites is 1. The van der Waals surface area contributed by atoms with Gasteiger partial charge in [0.1, 0.15) is 0 Å². The molecule has 0 aliphatic heterocycles. The van der Waals surface area contributed by atoms with Crippen molar-refractivity contribution in [1.29, 1.82) is 0 Å². The van der Waals surface area contributed by atoms with Gasteiger partial charge < -0.3 is 4.90 Å². The third-order valence-corrected chi connectivity index (χ3v) is 12.0. The van der Waals surface area contributed by atoms with Gasteiger partial charge >= 0.3 is 0 Å². The lowest BCUT2D eigenvalue weighted by molar-refractivity contribution is 0.660. The zero-order valence-electron chi connectivity index (χ0n) is 28.6. The molecule has 0 bridgehead atoms. The van der Waals surface area contributed by atoms with Crippen LogP contribution in [0.1, 0.15) is 25.0 Å². The van der Waals surface area contributed by atoms with Crippen LogP contribution in [0.2, 0.25) is 0 Å². The van der Waals surface area contributed by atoms with E-state index in [-0.39, 0.29) is 5.41 Å². The summed E-state index contributed by atoms with van der Waals surface area (Å²) in [6, 6.07) is 65.0. The van der Waals surface area contributed by atoms with Gasteiger partial charge in [0.15, 0.2) is 0 Å². The number of fused-ring (bicyclic) bond motifs is 7. The van der Waals surface area contributed by atoms with Crippen molar-refractivity contribution in [1.82, 2.24) is 0 Å². The maximum atomic E-state index is 2.48. The fraction of sp³-hybridized carbons (Fsp3) is 0.0612. The molecule has 0 radical (unpaired) electrons. The Balaban J connectivity index is 1.19. The van der Waals surface area contributed by atoms with Crippen LogP contribution in [0.25, 0.3) is 64.3 Å². The Hall–Kier alpha value is -5.96. The highest BCUT2D eigenvalue weighted by molar-refractivity contribution is 7.25. The standard InChI is InChI=1S/C49H35NS/c1-49(2)44-22-8-5-19-40(44)41-27-25-36(31-45(41)49)50(35-26-28-48-43(30-35)42-20-7-10-24-47(42)51-48)46-23-9-6-18-39(46)34-16-11-15-33(29-34)38-21-12-14-32-13-3-4-17-37(32)38/h3-31H,1-2H3. The molecule has 0 unspecified atom stereocenters. The first-order valence-corrected chi connectivity index (χ1v) is 18.5. The minimum absolute atomic E-state index is 0.104. The molecule has 0 saturated carbocycles. The summed E-state index contributed by atoms with van der Waals surface area (Å²) >= 11 is 1.86. The van der Waals surface area contributed by atoms with Gasteiger partial charge in [-0.05, 0) is 98.2 Å². The molecule has 1 aromatic heterocycles. The van der Waals surface area contributed by atoms with Crippen LogP contribution in [0.5, 0.6) is 0 Å². The second-order valence-corrected chi connectivity index (χ2v) is 15.2. The number of benzene rings is 8. The first-order chi connectivity index (χ1) is 25.0. The predicted octanol–water partition coefficient (Wildman–Crippen LogP) is 14.3. The van der Waals surface area contributed by atoms with E-state index in [9.17, 15) is 0 Å². The number of hydrogen-bond acceptors (Lipinski definition) is 2. The summed E-state index contributed by atoms with van der Waals surface area (Å²) in [5.74, 6) is 0. The molecule has 0 fully saturated rings. The van der Waals surface area contributed by atoms with Crippen molar-refractivity contribution in [2.75, 3.05) is 4.90 Å². The lowest BCUT2D eigenvalue weighted by atomic mass is 9.82. The maximum absolute atomic E-state index is 2.48. The van der Waals surface area contributed by atoms with Crippen molar-refractivity contribution < 1.29 is 0 Å². The zero-order valence-corrected chi connectivity index (χ0v) is 29.4. The highest BCUT2D eigenvalue weighted by Gasteiger charge is 2.36. The van der Waals surface area contributed by atoms with Gasteiger partial charge in [0.05, 0.1) is 5.69 Å². The summed E-state index contributed by atoms with van der Waals surface area (Å²) in [4.78, 5) is 2.48. The molecule has 1 aliphatic rings. The minimum atomic E-state index is -0.104. The number of anilines is 3. The quantitative estimate of drug-likeness (QED) is 0.176. The second kappa shape index (κ2) is 11.6. The molecule has 9 aromatic rings. The molecule has 8 aromatic carbocycles. The van der Waals surface area contributed by atoms with Gasteiger partial charge in [-0.3, -0.25) is 0 Å². The Kier molecular flexibility index (Phi) is 6.78. The van der Waals surface area contributed by atoms with Crippen molar-refractivity contribution in [3.05, 3.63) is 187 Å². The molecule has 51 heavy (non-hydrogen) atoms. The lowest BCUT2D eigenvalue weighted by Crippen LogP contribution is -2.16. The van der Waals surface area contributed by atoms with E-state index < -0.39 is 0 Å². The van der Waals surface area contributed by atoms with E-state index in [2.05, 4.69) is 195 Å². The van der Waals surface area contributed by atoms with Crippen LogP contribution in [0.4, 0.5) is 17.1 Å². The molecule has 10 rings (SSSR count). The highest BCUT2D eigenvalue weighted by Crippen LogP contribution is 2.51. The van der Waals surface area contributed by atoms with Gasteiger partial charge in [0.25, 0.3) is 0 Å². The van der Waals surface area contributed by atoms with Crippen LogP contribution in [0.3, 0.4) is 0 Å². The van der Waals surface area contributed by atoms with Crippen LogP contribution in [-0.2, 0) is 5.41 Å². The highest BCUT2D eigenvalue weighted by atomic mass is 32.1. The first kappa shape index (κ1) is 29.9. The van der Waals surface area contributed by atoms with Crippen molar-refractivity contribution >= 4 is 59.3 Å². The van der Waals surface area contributed by atoms with Gasteiger partial charge in [-0.25, -0.2) is 0 Å². The normalized spacial score (nSPS) is 13.1. The van der Waals surface area contributed by atoms with Gasteiger partial charge in [-0.1, -0.05) is 141 Å². The molecular weight excluding hydrogens is 635 g/mol. The van der Waals surface area contributed by atoms with E-state index in [0.29, 0.717) is 0 Å². The van der Waals surface area contributed by atoms with Crippen molar-refractivity contribution in [3.63, 3.8) is 0 Å². The maximum Gasteiger partial charge on any atom is 0.0540 e. The summed E-state index contributed by atoms with van der Waals surface area (Å²) in [5.41, 5.74) is 13.6. The topological polar surface area (TPSA) is 3.24 Å². The number of rotatable bonds is 5. The minimum Gasteiger partial charge on any atom is -0.310 e. The molecule has 242 valence electrons. The van der Waals surface area contributed by atoms with E-state index in [4.69, 9.17) is 0 Å². The molecule has 0 amide bonds. The largest absolute Gasteiger partial charge is 0.310 e. The summed E-state index contributed by atoms with van der Waals surface area (Å²) < 4.78 is 2.63. The summed E-state index contributed by atoms with van der Waals surface area (Å²) in [6.45, 7) is 4.73. The molecule has 2 heteroatoms. The fourth-order valence-electron chi connectivity index (χ4n) is 8.36. The zero-order chi connectivity index (χ0) is 34.1. The average Bonchev–Trinajstić information content (AvgIpc) is 3.66. The van der Waals surface area contributed by atoms with Crippen LogP contribution in [-0.4, -0.2) is 0 Å². The Labute approximate surface area is 302 Å². The summed E-state index contributed by atoms with van der Waals surface area (Å²) in [5, 5.41) is 5.12. The number of thiophene rings is 1. The van der Waals surface area contributed by atoms with E-state index in [1.54, 1.807) is 0 Å². The van der Waals surface area contributed by atoms with Crippen LogP contribution in [0, 0.1) is 0 Å². The molecular formula is C49H35NS. The fourth-order valence-corrected chi connectivity index (χ4v) is 9.44. The van der Waals surface area contributed by atoms with E-state index >= 15 is 0 Å². The second-order valence-electron chi connectivity index (χ2n) is 14.1. The average molecular weight is 670 g/mol. The van der Waals surface area contributed by atoms with Crippen molar-refractivity contribution in [2.45, 2.75) is 19.3 Å². The Morgan fingerprint density at radius 2 is 1.02 bits per heavy atom. The molecule has 1 aliphatic carbocycles. The number of nitrogens with zero attached hydrogens (tertiary/aromatic N) is 1.